The van der Waals surface area contributed by atoms with Gasteiger partial charge in [0.2, 0.25) is 0 Å². The Morgan fingerprint density at radius 2 is 1.80 bits per heavy atom. The van der Waals surface area contributed by atoms with Gasteiger partial charge in [-0.05, 0) is 12.8 Å². The van der Waals surface area contributed by atoms with Crippen molar-refractivity contribution in [1.29, 1.82) is 0 Å². The molecule has 0 aliphatic heterocycles. The van der Waals surface area contributed by atoms with Crippen molar-refractivity contribution in [3.63, 3.8) is 0 Å². The number of aliphatic hydroxyl groups is 1. The van der Waals surface area contributed by atoms with Crippen LogP contribution >= 0.6 is 12.6 Å². The Balaban J connectivity index is 2.46. The first-order valence-corrected chi connectivity index (χ1v) is 4.00. The minimum absolute atomic E-state index is 0.0433. The van der Waals surface area contributed by atoms with Crippen molar-refractivity contribution in [2.24, 2.45) is 11.5 Å². The van der Waals surface area contributed by atoms with Gasteiger partial charge in [-0.25, -0.2) is 0 Å². The van der Waals surface area contributed by atoms with E-state index in [2.05, 4.69) is 12.6 Å². The summed E-state index contributed by atoms with van der Waals surface area (Å²) in [6.45, 7) is 0. The number of aliphatic hydroxyl groups excluding tert-OH is 1. The molecule has 1 aliphatic carbocycles. The molecule has 3 nitrogen and oxygen atoms in total. The predicted octanol–water partition coefficient (Wildman–Crippen LogP) is -0.906. The first-order chi connectivity index (χ1) is 4.61. The zero-order valence-electron chi connectivity index (χ0n) is 5.77. The van der Waals surface area contributed by atoms with Gasteiger partial charge in [-0.3, -0.25) is 0 Å². The van der Waals surface area contributed by atoms with E-state index < -0.39 is 6.10 Å². The van der Waals surface area contributed by atoms with Gasteiger partial charge in [0, 0.05) is 17.3 Å². The van der Waals surface area contributed by atoms with Gasteiger partial charge < -0.3 is 16.6 Å². The maximum Gasteiger partial charge on any atom is 0.0702 e. The quantitative estimate of drug-likeness (QED) is 0.349. The van der Waals surface area contributed by atoms with Crippen LogP contribution in [0.2, 0.25) is 0 Å². The van der Waals surface area contributed by atoms with Gasteiger partial charge in [0.05, 0.1) is 6.10 Å². The molecule has 1 fully saturated rings. The van der Waals surface area contributed by atoms with E-state index in [0.717, 1.165) is 0 Å². The molecular formula is C6H14N2OS. The fraction of sp³-hybridized carbons (Fsp3) is 1.00. The zero-order valence-corrected chi connectivity index (χ0v) is 6.67. The molecular weight excluding hydrogens is 148 g/mol. The molecule has 4 unspecified atom stereocenters. The van der Waals surface area contributed by atoms with Crippen molar-refractivity contribution < 1.29 is 5.11 Å². The van der Waals surface area contributed by atoms with Crippen LogP contribution in [0.3, 0.4) is 0 Å². The lowest BCUT2D eigenvalue weighted by atomic mass is 9.89. The van der Waals surface area contributed by atoms with E-state index in [9.17, 15) is 5.11 Å². The van der Waals surface area contributed by atoms with Gasteiger partial charge in [0.1, 0.15) is 0 Å². The number of hydrogen-bond acceptors (Lipinski definition) is 4. The SMILES string of the molecule is NC1CC(N)C(S)CC1O. The highest BCUT2D eigenvalue weighted by Crippen LogP contribution is 2.20. The van der Waals surface area contributed by atoms with E-state index in [1.165, 1.54) is 0 Å². The van der Waals surface area contributed by atoms with E-state index >= 15 is 0 Å². The topological polar surface area (TPSA) is 72.3 Å². The first-order valence-electron chi connectivity index (χ1n) is 3.48. The smallest absolute Gasteiger partial charge is 0.0702 e. The molecule has 4 heteroatoms. The fourth-order valence-corrected chi connectivity index (χ4v) is 1.56. The minimum Gasteiger partial charge on any atom is -0.391 e. The Bertz CT molecular complexity index is 96.3. The standard InChI is InChI=1S/C6H14N2OS/c7-3-1-4(8)6(10)2-5(3)9/h3-6,9-10H,1-2,7-8H2. The van der Waals surface area contributed by atoms with Gasteiger partial charge in [-0.1, -0.05) is 0 Å². The third-order valence-corrected chi connectivity index (χ3v) is 2.61. The molecule has 0 radical (unpaired) electrons. The van der Waals surface area contributed by atoms with Crippen LogP contribution in [0.5, 0.6) is 0 Å². The monoisotopic (exact) mass is 162 g/mol. The number of hydrogen-bond donors (Lipinski definition) is 4. The highest BCUT2D eigenvalue weighted by atomic mass is 32.1. The van der Waals surface area contributed by atoms with Crippen LogP contribution in [0, 0.1) is 0 Å². The van der Waals surface area contributed by atoms with Crippen LogP contribution in [0.15, 0.2) is 0 Å². The number of rotatable bonds is 0. The van der Waals surface area contributed by atoms with Crippen molar-refractivity contribution in [3.05, 3.63) is 0 Å². The van der Waals surface area contributed by atoms with E-state index in [4.69, 9.17) is 11.5 Å². The third kappa shape index (κ3) is 1.63. The molecule has 1 saturated carbocycles. The molecule has 60 valence electrons. The molecule has 1 rings (SSSR count). The van der Waals surface area contributed by atoms with Crippen molar-refractivity contribution in [2.75, 3.05) is 0 Å². The van der Waals surface area contributed by atoms with Gasteiger partial charge in [0.25, 0.3) is 0 Å². The highest BCUT2D eigenvalue weighted by molar-refractivity contribution is 7.81. The highest BCUT2D eigenvalue weighted by Gasteiger charge is 2.29. The Morgan fingerprint density at radius 3 is 2.30 bits per heavy atom. The summed E-state index contributed by atoms with van der Waals surface area (Å²) < 4.78 is 0. The average molecular weight is 162 g/mol. The molecule has 1 aliphatic rings. The maximum atomic E-state index is 9.24. The summed E-state index contributed by atoms with van der Waals surface area (Å²) in [4.78, 5) is 0. The molecule has 0 saturated heterocycles. The van der Waals surface area contributed by atoms with E-state index in [1.54, 1.807) is 0 Å². The molecule has 0 amide bonds. The Hall–Kier alpha value is 0.230. The van der Waals surface area contributed by atoms with Gasteiger partial charge >= 0.3 is 0 Å². The second-order valence-corrected chi connectivity index (χ2v) is 3.60. The molecule has 0 aromatic rings. The summed E-state index contributed by atoms with van der Waals surface area (Å²) in [6, 6.07) is -0.111. The van der Waals surface area contributed by atoms with Gasteiger partial charge in [-0.2, -0.15) is 12.6 Å². The van der Waals surface area contributed by atoms with Crippen LogP contribution in [0.1, 0.15) is 12.8 Å². The van der Waals surface area contributed by atoms with Gasteiger partial charge in [-0.15, -0.1) is 0 Å². The predicted molar refractivity (Wildman–Crippen MR) is 44.0 cm³/mol. The first kappa shape index (κ1) is 8.33. The van der Waals surface area contributed by atoms with Crippen LogP contribution in [-0.2, 0) is 0 Å². The van der Waals surface area contributed by atoms with Crippen molar-refractivity contribution >= 4 is 12.6 Å². The van der Waals surface area contributed by atoms with E-state index in [-0.39, 0.29) is 17.3 Å². The number of nitrogens with two attached hydrogens (primary N) is 2. The molecule has 0 heterocycles. The Morgan fingerprint density at radius 1 is 1.20 bits per heavy atom. The molecule has 10 heavy (non-hydrogen) atoms. The van der Waals surface area contributed by atoms with Crippen molar-refractivity contribution in [3.8, 4) is 0 Å². The lowest BCUT2D eigenvalue weighted by molar-refractivity contribution is 0.105. The summed E-state index contributed by atoms with van der Waals surface area (Å²) in [6.07, 6.45) is 0.878. The molecule has 0 aromatic heterocycles. The van der Waals surface area contributed by atoms with Gasteiger partial charge in [0.15, 0.2) is 0 Å². The lowest BCUT2D eigenvalue weighted by Gasteiger charge is -2.33. The van der Waals surface area contributed by atoms with Crippen molar-refractivity contribution in [1.82, 2.24) is 0 Å². The van der Waals surface area contributed by atoms with Crippen LogP contribution in [-0.4, -0.2) is 28.5 Å². The lowest BCUT2D eigenvalue weighted by Crippen LogP contribution is -2.50. The normalized spacial score (nSPS) is 49.2. The minimum atomic E-state index is -0.415. The van der Waals surface area contributed by atoms with Crippen molar-refractivity contribution in [2.45, 2.75) is 36.3 Å². The third-order valence-electron chi connectivity index (χ3n) is 2.02. The van der Waals surface area contributed by atoms with Crippen LogP contribution < -0.4 is 11.5 Å². The van der Waals surface area contributed by atoms with E-state index in [1.807, 2.05) is 0 Å². The summed E-state index contributed by atoms with van der Waals surface area (Å²) in [5.41, 5.74) is 11.2. The van der Waals surface area contributed by atoms with E-state index in [0.29, 0.717) is 12.8 Å². The molecule has 5 N–H and O–H groups in total. The molecule has 0 bridgehead atoms. The molecule has 4 atom stereocenters. The zero-order chi connectivity index (χ0) is 7.72. The summed E-state index contributed by atoms with van der Waals surface area (Å²) >= 11 is 4.22. The second kappa shape index (κ2) is 3.09. The Kier molecular flexibility index (Phi) is 2.57. The molecule has 0 spiro atoms. The summed E-state index contributed by atoms with van der Waals surface area (Å²) in [5.74, 6) is 0. The van der Waals surface area contributed by atoms with Crippen LogP contribution in [0.4, 0.5) is 0 Å². The number of thiol groups is 1. The summed E-state index contributed by atoms with van der Waals surface area (Å²) in [7, 11) is 0. The largest absolute Gasteiger partial charge is 0.391 e. The second-order valence-electron chi connectivity index (χ2n) is 2.93. The summed E-state index contributed by atoms with van der Waals surface area (Å²) in [5, 5.41) is 9.34. The van der Waals surface area contributed by atoms with Crippen LogP contribution in [0.25, 0.3) is 0 Å². The Labute approximate surface area is 66.2 Å². The average Bonchev–Trinajstić information content (AvgIpc) is 1.84. The molecule has 0 aromatic carbocycles. The fourth-order valence-electron chi connectivity index (χ4n) is 1.23. The maximum absolute atomic E-state index is 9.24.